The molecule has 1 aromatic carbocycles. The van der Waals surface area contributed by atoms with Crippen LogP contribution < -0.4 is 15.8 Å². The van der Waals surface area contributed by atoms with Gasteiger partial charge in [-0.2, -0.15) is 13.2 Å². The van der Waals surface area contributed by atoms with Gasteiger partial charge in [-0.1, -0.05) is 6.07 Å². The van der Waals surface area contributed by atoms with E-state index in [4.69, 9.17) is 5.73 Å². The zero-order valence-electron chi connectivity index (χ0n) is 11.4. The predicted molar refractivity (Wildman–Crippen MR) is 76.8 cm³/mol. The fourth-order valence-corrected chi connectivity index (χ4v) is 1.41. The molecule has 0 aliphatic carbocycles. The normalized spacial score (nSPS) is 12.2. The molecule has 1 rings (SSSR count). The van der Waals surface area contributed by atoms with Crippen LogP contribution in [0.1, 0.15) is 19.8 Å². The summed E-state index contributed by atoms with van der Waals surface area (Å²) >= 11 is 0. The SMILES string of the molecule is CC(N)CCC(=O)Nc1cccc(OCC(F)(F)F)c1.Cl. The number of ether oxygens (including phenoxy) is 1. The van der Waals surface area contributed by atoms with Gasteiger partial charge in [0.2, 0.25) is 5.91 Å². The van der Waals surface area contributed by atoms with E-state index < -0.39 is 12.8 Å². The fourth-order valence-electron chi connectivity index (χ4n) is 1.41. The summed E-state index contributed by atoms with van der Waals surface area (Å²) in [6.07, 6.45) is -3.60. The molecular weight excluding hydrogens is 309 g/mol. The first-order chi connectivity index (χ1) is 9.26. The van der Waals surface area contributed by atoms with Crippen LogP contribution in [0.5, 0.6) is 5.75 Å². The third-order valence-electron chi connectivity index (χ3n) is 2.35. The molecule has 1 aromatic rings. The van der Waals surface area contributed by atoms with Gasteiger partial charge in [-0.3, -0.25) is 4.79 Å². The average Bonchev–Trinajstić information content (AvgIpc) is 2.34. The second-order valence-electron chi connectivity index (χ2n) is 4.50. The van der Waals surface area contributed by atoms with Gasteiger partial charge in [0, 0.05) is 24.2 Å². The molecule has 0 radical (unpaired) electrons. The topological polar surface area (TPSA) is 64.4 Å². The second kappa shape index (κ2) is 8.74. The number of halogens is 4. The van der Waals surface area contributed by atoms with Crippen LogP contribution in [0.15, 0.2) is 24.3 Å². The number of benzene rings is 1. The van der Waals surface area contributed by atoms with Gasteiger partial charge in [-0.25, -0.2) is 0 Å². The first kappa shape index (κ1) is 19.5. The van der Waals surface area contributed by atoms with Crippen molar-refractivity contribution in [1.29, 1.82) is 0 Å². The largest absolute Gasteiger partial charge is 0.484 e. The highest BCUT2D eigenvalue weighted by Crippen LogP contribution is 2.21. The van der Waals surface area contributed by atoms with E-state index in [9.17, 15) is 18.0 Å². The molecule has 0 bridgehead atoms. The molecule has 21 heavy (non-hydrogen) atoms. The highest BCUT2D eigenvalue weighted by molar-refractivity contribution is 5.90. The van der Waals surface area contributed by atoms with E-state index in [1.165, 1.54) is 18.2 Å². The van der Waals surface area contributed by atoms with Crippen molar-refractivity contribution in [1.82, 2.24) is 0 Å². The lowest BCUT2D eigenvalue weighted by Crippen LogP contribution is -2.20. The molecule has 0 saturated carbocycles. The lowest BCUT2D eigenvalue weighted by Gasteiger charge is -2.11. The number of hydrogen-bond acceptors (Lipinski definition) is 3. The number of carbonyl (C=O) groups excluding carboxylic acids is 1. The van der Waals surface area contributed by atoms with Gasteiger partial charge in [0.15, 0.2) is 6.61 Å². The maximum atomic E-state index is 12.0. The summed E-state index contributed by atoms with van der Waals surface area (Å²) in [7, 11) is 0. The van der Waals surface area contributed by atoms with Crippen molar-refractivity contribution in [2.45, 2.75) is 32.0 Å². The third kappa shape index (κ3) is 9.14. The first-order valence-electron chi connectivity index (χ1n) is 6.11. The minimum absolute atomic E-state index is 0. The highest BCUT2D eigenvalue weighted by atomic mass is 35.5. The molecule has 0 heterocycles. The van der Waals surface area contributed by atoms with Gasteiger partial charge in [0.05, 0.1) is 0 Å². The number of alkyl halides is 3. The molecule has 8 heteroatoms. The van der Waals surface area contributed by atoms with Crippen LogP contribution in [0.25, 0.3) is 0 Å². The standard InChI is InChI=1S/C13H17F3N2O2.ClH/c1-9(17)5-6-12(19)18-10-3-2-4-11(7-10)20-8-13(14,15)16;/h2-4,7,9H,5-6,8,17H2,1H3,(H,18,19);1H. The van der Waals surface area contributed by atoms with E-state index in [0.717, 1.165) is 0 Å². The Labute approximate surface area is 127 Å². The Bertz CT molecular complexity index is 453. The molecule has 0 aliphatic heterocycles. The van der Waals surface area contributed by atoms with Crippen LogP contribution >= 0.6 is 12.4 Å². The van der Waals surface area contributed by atoms with Gasteiger partial charge < -0.3 is 15.8 Å². The maximum absolute atomic E-state index is 12.0. The Morgan fingerprint density at radius 3 is 2.67 bits per heavy atom. The van der Waals surface area contributed by atoms with Crippen molar-refractivity contribution in [3.8, 4) is 5.75 Å². The van der Waals surface area contributed by atoms with E-state index in [-0.39, 0.29) is 36.5 Å². The van der Waals surface area contributed by atoms with Crippen molar-refractivity contribution in [3.05, 3.63) is 24.3 Å². The molecule has 0 aliphatic rings. The Morgan fingerprint density at radius 2 is 2.10 bits per heavy atom. The van der Waals surface area contributed by atoms with Crippen molar-refractivity contribution in [2.24, 2.45) is 5.73 Å². The van der Waals surface area contributed by atoms with E-state index in [2.05, 4.69) is 10.1 Å². The summed E-state index contributed by atoms with van der Waals surface area (Å²) in [4.78, 5) is 11.6. The van der Waals surface area contributed by atoms with Crippen LogP contribution in [0.2, 0.25) is 0 Å². The summed E-state index contributed by atoms with van der Waals surface area (Å²) in [5.74, 6) is -0.192. The summed E-state index contributed by atoms with van der Waals surface area (Å²) < 4.78 is 40.7. The highest BCUT2D eigenvalue weighted by Gasteiger charge is 2.28. The van der Waals surface area contributed by atoms with Crippen molar-refractivity contribution in [2.75, 3.05) is 11.9 Å². The molecule has 1 unspecified atom stereocenters. The van der Waals surface area contributed by atoms with Crippen LogP contribution in [-0.4, -0.2) is 24.7 Å². The minimum Gasteiger partial charge on any atom is -0.484 e. The fraction of sp³-hybridized carbons (Fsp3) is 0.462. The van der Waals surface area contributed by atoms with Crippen LogP contribution in [0.3, 0.4) is 0 Å². The van der Waals surface area contributed by atoms with Crippen molar-refractivity contribution < 1.29 is 22.7 Å². The Hall–Kier alpha value is -1.47. The van der Waals surface area contributed by atoms with Gasteiger partial charge in [0.1, 0.15) is 5.75 Å². The van der Waals surface area contributed by atoms with Crippen molar-refractivity contribution in [3.63, 3.8) is 0 Å². The number of rotatable bonds is 6. The number of carbonyl (C=O) groups is 1. The number of nitrogens with two attached hydrogens (primary N) is 1. The molecular formula is C13H18ClF3N2O2. The lowest BCUT2D eigenvalue weighted by atomic mass is 10.2. The van der Waals surface area contributed by atoms with Crippen molar-refractivity contribution >= 4 is 24.0 Å². The molecule has 0 spiro atoms. The molecule has 0 fully saturated rings. The van der Waals surface area contributed by atoms with E-state index >= 15 is 0 Å². The zero-order valence-corrected chi connectivity index (χ0v) is 12.3. The zero-order chi connectivity index (χ0) is 15.2. The smallest absolute Gasteiger partial charge is 0.422 e. The van der Waals surface area contributed by atoms with Gasteiger partial charge in [-0.05, 0) is 25.5 Å². The minimum atomic E-state index is -4.39. The molecule has 0 saturated heterocycles. The second-order valence-corrected chi connectivity index (χ2v) is 4.50. The molecule has 3 N–H and O–H groups in total. The number of amides is 1. The summed E-state index contributed by atoms with van der Waals surface area (Å²) in [6, 6.07) is 5.73. The number of nitrogens with one attached hydrogen (secondary N) is 1. The third-order valence-corrected chi connectivity index (χ3v) is 2.35. The number of anilines is 1. The summed E-state index contributed by atoms with van der Waals surface area (Å²) in [5, 5.41) is 2.58. The van der Waals surface area contributed by atoms with E-state index in [1.807, 2.05) is 0 Å². The summed E-state index contributed by atoms with van der Waals surface area (Å²) in [5.41, 5.74) is 5.92. The van der Waals surface area contributed by atoms with E-state index in [1.54, 1.807) is 13.0 Å². The van der Waals surface area contributed by atoms with Gasteiger partial charge in [0.25, 0.3) is 0 Å². The van der Waals surface area contributed by atoms with E-state index in [0.29, 0.717) is 12.1 Å². The first-order valence-corrected chi connectivity index (χ1v) is 6.11. The van der Waals surface area contributed by atoms with Gasteiger partial charge in [-0.15, -0.1) is 12.4 Å². The van der Waals surface area contributed by atoms with Crippen LogP contribution in [0.4, 0.5) is 18.9 Å². The molecule has 1 atom stereocenters. The molecule has 1 amide bonds. The quantitative estimate of drug-likeness (QED) is 0.844. The van der Waals surface area contributed by atoms with Gasteiger partial charge >= 0.3 is 6.18 Å². The Kier molecular flexibility index (Phi) is 8.12. The summed E-state index contributed by atoms with van der Waals surface area (Å²) in [6.45, 7) is 0.425. The average molecular weight is 327 g/mol. The molecule has 0 aromatic heterocycles. The molecule has 120 valence electrons. The monoisotopic (exact) mass is 326 g/mol. The maximum Gasteiger partial charge on any atom is 0.422 e. The Morgan fingerprint density at radius 1 is 1.43 bits per heavy atom. The predicted octanol–water partition coefficient (Wildman–Crippen LogP) is 3.12. The van der Waals surface area contributed by atoms with Crippen LogP contribution in [0, 0.1) is 0 Å². The lowest BCUT2D eigenvalue weighted by molar-refractivity contribution is -0.153. The molecule has 4 nitrogen and oxygen atoms in total. The van der Waals surface area contributed by atoms with Crippen LogP contribution in [-0.2, 0) is 4.79 Å². The number of hydrogen-bond donors (Lipinski definition) is 2. The Balaban J connectivity index is 0.00000400.